The molecular formula is C27H28I2O. The monoisotopic (exact) mass is 622 g/mol. The smallest absolute Gasteiger partial charge is 0.119 e. The molecule has 30 heavy (non-hydrogen) atoms. The number of unbranched alkanes of at least 4 members (excludes halogenated alkanes) is 2. The van der Waals surface area contributed by atoms with Crippen LogP contribution < -0.4 is 4.74 Å². The number of hydrogen-bond acceptors (Lipinski definition) is 1. The maximum absolute atomic E-state index is 5.88. The average Bonchev–Trinajstić information content (AvgIpc) is 2.79. The standard InChI is InChI=1S/C27H28I2O/c28-19-5-2-6-20-30-27-17-12-22(13-18-27)9-14-25(24-7-3-1-4-8-24)21-23-10-15-26(29)16-11-23/h1,3-4,7-8,10-13,15-18,21H,2,5-6,9,14,19-20H2. The molecule has 156 valence electrons. The van der Waals surface area contributed by atoms with Crippen molar-refractivity contribution in [3.8, 4) is 5.75 Å². The van der Waals surface area contributed by atoms with Crippen molar-refractivity contribution in [3.63, 3.8) is 0 Å². The van der Waals surface area contributed by atoms with Gasteiger partial charge in [-0.1, -0.05) is 83.3 Å². The highest BCUT2D eigenvalue weighted by Crippen LogP contribution is 2.25. The molecule has 0 heterocycles. The molecule has 0 bridgehead atoms. The predicted octanol–water partition coefficient (Wildman–Crippen LogP) is 8.45. The van der Waals surface area contributed by atoms with Crippen molar-refractivity contribution < 1.29 is 4.74 Å². The first-order valence-corrected chi connectivity index (χ1v) is 13.1. The molecule has 3 heteroatoms. The van der Waals surface area contributed by atoms with E-state index in [9.17, 15) is 0 Å². The predicted molar refractivity (Wildman–Crippen MR) is 146 cm³/mol. The van der Waals surface area contributed by atoms with Crippen LogP contribution in [0.5, 0.6) is 5.75 Å². The van der Waals surface area contributed by atoms with Crippen LogP contribution in [0.3, 0.4) is 0 Å². The second kappa shape index (κ2) is 13.2. The molecular weight excluding hydrogens is 594 g/mol. The molecule has 0 N–H and O–H groups in total. The number of ether oxygens (including phenoxy) is 1. The lowest BCUT2D eigenvalue weighted by molar-refractivity contribution is 0.306. The Balaban J connectivity index is 1.62. The highest BCUT2D eigenvalue weighted by Gasteiger charge is 2.04. The van der Waals surface area contributed by atoms with Crippen LogP contribution in [0, 0.1) is 3.57 Å². The summed E-state index contributed by atoms with van der Waals surface area (Å²) < 4.78 is 8.37. The van der Waals surface area contributed by atoms with Crippen LogP contribution in [0.1, 0.15) is 42.4 Å². The Morgan fingerprint density at radius 3 is 2.23 bits per heavy atom. The number of halogens is 2. The fraction of sp³-hybridized carbons (Fsp3) is 0.259. The molecule has 0 fully saturated rings. The molecule has 3 aromatic rings. The van der Waals surface area contributed by atoms with E-state index in [1.165, 1.54) is 43.1 Å². The van der Waals surface area contributed by atoms with Crippen LogP contribution in [0.2, 0.25) is 0 Å². The zero-order chi connectivity index (χ0) is 21.0. The minimum absolute atomic E-state index is 0.812. The highest BCUT2D eigenvalue weighted by atomic mass is 127. The zero-order valence-corrected chi connectivity index (χ0v) is 21.5. The maximum Gasteiger partial charge on any atom is 0.119 e. The van der Waals surface area contributed by atoms with Crippen LogP contribution in [0.25, 0.3) is 11.6 Å². The van der Waals surface area contributed by atoms with Gasteiger partial charge in [-0.3, -0.25) is 0 Å². The van der Waals surface area contributed by atoms with E-state index in [4.69, 9.17) is 4.74 Å². The van der Waals surface area contributed by atoms with Gasteiger partial charge in [0.05, 0.1) is 6.61 Å². The minimum atomic E-state index is 0.812. The number of allylic oxidation sites excluding steroid dienone is 1. The molecule has 3 rings (SSSR count). The van der Waals surface area contributed by atoms with Crippen molar-refractivity contribution in [1.82, 2.24) is 0 Å². The summed E-state index contributed by atoms with van der Waals surface area (Å²) in [7, 11) is 0. The van der Waals surface area contributed by atoms with Crippen molar-refractivity contribution in [1.29, 1.82) is 0 Å². The van der Waals surface area contributed by atoms with Crippen molar-refractivity contribution in [2.45, 2.75) is 32.1 Å². The fourth-order valence-electron chi connectivity index (χ4n) is 3.31. The van der Waals surface area contributed by atoms with Crippen LogP contribution >= 0.6 is 45.2 Å². The molecule has 0 aliphatic heterocycles. The Bertz CT molecular complexity index is 900. The molecule has 0 radical (unpaired) electrons. The van der Waals surface area contributed by atoms with Crippen LogP contribution in [-0.2, 0) is 6.42 Å². The van der Waals surface area contributed by atoms with Crippen LogP contribution in [-0.4, -0.2) is 11.0 Å². The molecule has 0 spiro atoms. The quantitative estimate of drug-likeness (QED) is 0.0903. The maximum atomic E-state index is 5.88. The summed E-state index contributed by atoms with van der Waals surface area (Å²) in [6, 6.07) is 28.0. The van der Waals surface area contributed by atoms with Gasteiger partial charge in [0.1, 0.15) is 5.75 Å². The van der Waals surface area contributed by atoms with E-state index in [0.717, 1.165) is 31.6 Å². The summed E-state index contributed by atoms with van der Waals surface area (Å²) >= 11 is 4.78. The van der Waals surface area contributed by atoms with Gasteiger partial charge in [0.15, 0.2) is 0 Å². The van der Waals surface area contributed by atoms with Gasteiger partial charge in [-0.15, -0.1) is 0 Å². The van der Waals surface area contributed by atoms with Gasteiger partial charge in [-0.2, -0.15) is 0 Å². The molecule has 3 aromatic carbocycles. The molecule has 0 aromatic heterocycles. The van der Waals surface area contributed by atoms with Gasteiger partial charge in [0, 0.05) is 3.57 Å². The van der Waals surface area contributed by atoms with E-state index in [1.807, 2.05) is 0 Å². The number of benzene rings is 3. The van der Waals surface area contributed by atoms with E-state index in [-0.39, 0.29) is 0 Å². The Hall–Kier alpha value is -1.34. The third-order valence-electron chi connectivity index (χ3n) is 5.01. The van der Waals surface area contributed by atoms with Gasteiger partial charge >= 0.3 is 0 Å². The molecule has 0 aliphatic rings. The normalized spacial score (nSPS) is 11.5. The Morgan fingerprint density at radius 2 is 1.53 bits per heavy atom. The Kier molecular flexibility index (Phi) is 10.2. The van der Waals surface area contributed by atoms with Gasteiger partial charge in [-0.25, -0.2) is 0 Å². The molecule has 0 amide bonds. The number of hydrogen-bond donors (Lipinski definition) is 0. The summed E-state index contributed by atoms with van der Waals surface area (Å²) in [5.74, 6) is 0.978. The second-order valence-corrected chi connectivity index (χ2v) is 9.65. The van der Waals surface area contributed by atoms with E-state index < -0.39 is 0 Å². The first-order valence-electron chi connectivity index (χ1n) is 10.5. The first-order chi connectivity index (χ1) is 14.7. The molecule has 0 saturated carbocycles. The lowest BCUT2D eigenvalue weighted by atomic mass is 9.96. The fourth-order valence-corrected chi connectivity index (χ4v) is 4.21. The third kappa shape index (κ3) is 8.06. The number of rotatable bonds is 11. The molecule has 1 nitrogen and oxygen atoms in total. The molecule has 0 aliphatic carbocycles. The lowest BCUT2D eigenvalue weighted by Gasteiger charge is -2.10. The number of alkyl halides is 1. The zero-order valence-electron chi connectivity index (χ0n) is 17.2. The SMILES string of the molecule is ICCCCCOc1ccc(CCC(=Cc2ccc(I)cc2)c2ccccc2)cc1. The van der Waals surface area contributed by atoms with Gasteiger partial charge < -0.3 is 4.74 Å². The third-order valence-corrected chi connectivity index (χ3v) is 6.49. The molecule has 0 unspecified atom stereocenters. The van der Waals surface area contributed by atoms with Gasteiger partial charge in [0.25, 0.3) is 0 Å². The van der Waals surface area contributed by atoms with Crippen molar-refractivity contribution in [2.24, 2.45) is 0 Å². The van der Waals surface area contributed by atoms with Crippen LogP contribution in [0.15, 0.2) is 78.9 Å². The topological polar surface area (TPSA) is 9.23 Å². The van der Waals surface area contributed by atoms with Crippen LogP contribution in [0.4, 0.5) is 0 Å². The summed E-state index contributed by atoms with van der Waals surface area (Å²) in [6.07, 6.45) is 8.00. The summed E-state index contributed by atoms with van der Waals surface area (Å²) in [6.45, 7) is 0.812. The van der Waals surface area contributed by atoms with Gasteiger partial charge in [0.2, 0.25) is 0 Å². The van der Waals surface area contributed by atoms with Gasteiger partial charge in [-0.05, 0) is 106 Å². The average molecular weight is 622 g/mol. The van der Waals surface area contributed by atoms with Crippen molar-refractivity contribution in [2.75, 3.05) is 11.0 Å². The summed E-state index contributed by atoms with van der Waals surface area (Å²) in [4.78, 5) is 0. The van der Waals surface area contributed by atoms with Crippen molar-refractivity contribution in [3.05, 3.63) is 99.1 Å². The minimum Gasteiger partial charge on any atom is -0.494 e. The lowest BCUT2D eigenvalue weighted by Crippen LogP contribution is -1.97. The number of aryl methyl sites for hydroxylation is 1. The van der Waals surface area contributed by atoms with Crippen molar-refractivity contribution >= 4 is 56.8 Å². The van der Waals surface area contributed by atoms with E-state index in [0.29, 0.717) is 0 Å². The Morgan fingerprint density at radius 1 is 0.800 bits per heavy atom. The highest BCUT2D eigenvalue weighted by molar-refractivity contribution is 14.1. The first kappa shape index (κ1) is 23.3. The second-order valence-electron chi connectivity index (χ2n) is 7.33. The summed E-state index contributed by atoms with van der Waals surface area (Å²) in [5.41, 5.74) is 5.26. The van der Waals surface area contributed by atoms with E-state index in [1.54, 1.807) is 0 Å². The van der Waals surface area contributed by atoms with E-state index in [2.05, 4.69) is 130 Å². The molecule has 0 atom stereocenters. The summed E-state index contributed by atoms with van der Waals surface area (Å²) in [5, 5.41) is 0. The molecule has 0 saturated heterocycles. The Labute approximate surface area is 208 Å². The largest absolute Gasteiger partial charge is 0.494 e. The van der Waals surface area contributed by atoms with E-state index >= 15 is 0 Å².